The van der Waals surface area contributed by atoms with Crippen molar-refractivity contribution in [3.63, 3.8) is 0 Å². The molecule has 10 heavy (non-hydrogen) atoms. The summed E-state index contributed by atoms with van der Waals surface area (Å²) in [6, 6.07) is 9.49. The molecule has 0 amide bonds. The zero-order valence-electron chi connectivity index (χ0n) is 5.14. The first kappa shape index (κ1) is 6.99. The van der Waals surface area contributed by atoms with Crippen molar-refractivity contribution in [2.45, 2.75) is 4.90 Å². The van der Waals surface area contributed by atoms with Crippen molar-refractivity contribution in [3.8, 4) is 0 Å². The van der Waals surface area contributed by atoms with Crippen LogP contribution in [0.1, 0.15) is 0 Å². The molecular weight excluding hydrogens is 146 g/mol. The molecule has 0 saturated carbocycles. The van der Waals surface area contributed by atoms with Gasteiger partial charge in [-0.1, -0.05) is 18.2 Å². The molecule has 0 N–H and O–H groups in total. The quantitative estimate of drug-likeness (QED) is 0.277. The second kappa shape index (κ2) is 3.82. The van der Waals surface area contributed by atoms with Crippen molar-refractivity contribution in [1.29, 1.82) is 0 Å². The maximum atomic E-state index is 7.97. The molecule has 0 aliphatic heterocycles. The van der Waals surface area contributed by atoms with Gasteiger partial charge in [0.05, 0.1) is 0 Å². The van der Waals surface area contributed by atoms with Gasteiger partial charge in [0.1, 0.15) is 0 Å². The SMILES string of the molecule is [N-]=[N+]=NSc1ccccc1. The van der Waals surface area contributed by atoms with E-state index in [2.05, 4.69) is 9.43 Å². The first-order chi connectivity index (χ1) is 4.93. The average molecular weight is 151 g/mol. The van der Waals surface area contributed by atoms with E-state index in [9.17, 15) is 0 Å². The van der Waals surface area contributed by atoms with Crippen molar-refractivity contribution in [3.05, 3.63) is 40.8 Å². The van der Waals surface area contributed by atoms with Crippen LogP contribution in [0.15, 0.2) is 39.7 Å². The maximum Gasteiger partial charge on any atom is 0.0145 e. The Morgan fingerprint density at radius 1 is 1.30 bits per heavy atom. The molecule has 1 rings (SSSR count). The summed E-state index contributed by atoms with van der Waals surface area (Å²) in [5, 5.41) is 0. The van der Waals surface area contributed by atoms with E-state index in [1.165, 1.54) is 0 Å². The summed E-state index contributed by atoms with van der Waals surface area (Å²) >= 11 is 1.13. The lowest BCUT2D eigenvalue weighted by molar-refractivity contribution is 1.46. The average Bonchev–Trinajstić information content (AvgIpc) is 2.03. The van der Waals surface area contributed by atoms with E-state index in [4.69, 9.17) is 5.53 Å². The zero-order valence-corrected chi connectivity index (χ0v) is 5.95. The standard InChI is InChI=1S/C6H5N3S/c7-8-9-10-6-4-2-1-3-5-6/h1-5H. The molecule has 0 unspecified atom stereocenters. The fourth-order valence-corrected chi connectivity index (χ4v) is 0.956. The molecule has 0 radical (unpaired) electrons. The highest BCUT2D eigenvalue weighted by Gasteiger charge is 1.84. The predicted octanol–water partition coefficient (Wildman–Crippen LogP) is 3.00. The second-order valence-electron chi connectivity index (χ2n) is 1.58. The number of hydrogen-bond donors (Lipinski definition) is 0. The van der Waals surface area contributed by atoms with Crippen molar-refractivity contribution >= 4 is 11.9 Å². The number of nitrogens with zero attached hydrogens (tertiary/aromatic N) is 3. The van der Waals surface area contributed by atoms with Crippen molar-refractivity contribution in [2.24, 2.45) is 4.52 Å². The minimum atomic E-state index is 0.959. The lowest BCUT2D eigenvalue weighted by atomic mass is 10.4. The van der Waals surface area contributed by atoms with E-state index >= 15 is 0 Å². The number of azide groups is 1. The van der Waals surface area contributed by atoms with Gasteiger partial charge in [0.25, 0.3) is 0 Å². The fraction of sp³-hybridized carbons (Fsp3) is 0. The van der Waals surface area contributed by atoms with Gasteiger partial charge in [-0.25, -0.2) is 0 Å². The summed E-state index contributed by atoms with van der Waals surface area (Å²) in [4.78, 5) is 3.58. The molecule has 0 bridgehead atoms. The summed E-state index contributed by atoms with van der Waals surface area (Å²) in [5.74, 6) is 0. The molecular formula is C6H5N3S. The Morgan fingerprint density at radius 2 is 2.00 bits per heavy atom. The highest BCUT2D eigenvalue weighted by molar-refractivity contribution is 7.98. The second-order valence-corrected chi connectivity index (χ2v) is 2.39. The van der Waals surface area contributed by atoms with E-state index < -0.39 is 0 Å². The molecule has 50 valence electrons. The highest BCUT2D eigenvalue weighted by Crippen LogP contribution is 2.17. The van der Waals surface area contributed by atoms with Gasteiger partial charge in [-0.3, -0.25) is 0 Å². The van der Waals surface area contributed by atoms with Crippen LogP contribution in [0, 0.1) is 0 Å². The van der Waals surface area contributed by atoms with Crippen molar-refractivity contribution < 1.29 is 0 Å². The van der Waals surface area contributed by atoms with Crippen molar-refractivity contribution in [2.75, 3.05) is 0 Å². The Kier molecular flexibility index (Phi) is 2.67. The Hall–Kier alpha value is -1.12. The largest absolute Gasteiger partial charge is 0.0622 e. The predicted molar refractivity (Wildman–Crippen MR) is 41.4 cm³/mol. The van der Waals surface area contributed by atoms with Crippen LogP contribution >= 0.6 is 11.9 Å². The summed E-state index contributed by atoms with van der Waals surface area (Å²) in [7, 11) is 0. The molecule has 0 heterocycles. The monoisotopic (exact) mass is 151 g/mol. The Bertz CT molecular complexity index is 240. The third kappa shape index (κ3) is 2.01. The first-order valence-electron chi connectivity index (χ1n) is 2.70. The molecule has 0 aliphatic rings. The third-order valence-electron chi connectivity index (χ3n) is 0.926. The van der Waals surface area contributed by atoms with Crippen LogP contribution in [0.3, 0.4) is 0 Å². The van der Waals surface area contributed by atoms with Crippen LogP contribution in [0.5, 0.6) is 0 Å². The van der Waals surface area contributed by atoms with Crippen LogP contribution < -0.4 is 0 Å². The highest BCUT2D eigenvalue weighted by atomic mass is 32.2. The summed E-state index contributed by atoms with van der Waals surface area (Å²) in [6.07, 6.45) is 0. The Morgan fingerprint density at radius 3 is 2.60 bits per heavy atom. The number of hydrogen-bond acceptors (Lipinski definition) is 2. The maximum absolute atomic E-state index is 7.97. The van der Waals surface area contributed by atoms with Gasteiger partial charge in [-0.05, 0) is 34.1 Å². The molecule has 3 nitrogen and oxygen atoms in total. The molecule has 4 heteroatoms. The molecule has 0 aromatic heterocycles. The van der Waals surface area contributed by atoms with Gasteiger partial charge in [0.15, 0.2) is 0 Å². The van der Waals surface area contributed by atoms with Gasteiger partial charge >= 0.3 is 0 Å². The van der Waals surface area contributed by atoms with E-state index in [1.54, 1.807) is 0 Å². The molecule has 1 aromatic carbocycles. The Labute approximate surface area is 62.8 Å². The van der Waals surface area contributed by atoms with E-state index in [1.807, 2.05) is 30.3 Å². The van der Waals surface area contributed by atoms with Gasteiger partial charge in [-0.2, -0.15) is 0 Å². The lowest BCUT2D eigenvalue weighted by Gasteiger charge is -1.89. The molecule has 0 spiro atoms. The summed E-state index contributed by atoms with van der Waals surface area (Å²) < 4.78 is 3.34. The first-order valence-corrected chi connectivity index (χ1v) is 3.47. The number of benzene rings is 1. The minimum absolute atomic E-state index is 0.959. The van der Waals surface area contributed by atoms with Gasteiger partial charge in [0.2, 0.25) is 0 Å². The summed E-state index contributed by atoms with van der Waals surface area (Å²) in [5.41, 5.74) is 7.97. The van der Waals surface area contributed by atoms with Crippen LogP contribution in [-0.2, 0) is 0 Å². The third-order valence-corrected chi connectivity index (χ3v) is 1.56. The topological polar surface area (TPSA) is 48.8 Å². The smallest absolute Gasteiger partial charge is 0.0145 e. The molecule has 0 aliphatic carbocycles. The van der Waals surface area contributed by atoms with Gasteiger partial charge < -0.3 is 0 Å². The van der Waals surface area contributed by atoms with E-state index in [0.29, 0.717) is 0 Å². The molecule has 0 atom stereocenters. The van der Waals surface area contributed by atoms with E-state index in [-0.39, 0.29) is 0 Å². The fourth-order valence-electron chi connectivity index (χ4n) is 0.547. The van der Waals surface area contributed by atoms with Crippen LogP contribution in [0.4, 0.5) is 0 Å². The molecule has 0 saturated heterocycles. The Balaban J connectivity index is 2.67. The number of rotatable bonds is 2. The van der Waals surface area contributed by atoms with Crippen LogP contribution in [-0.4, -0.2) is 0 Å². The minimum Gasteiger partial charge on any atom is -0.0622 e. The lowest BCUT2D eigenvalue weighted by Crippen LogP contribution is -1.62. The van der Waals surface area contributed by atoms with Crippen LogP contribution in [0.2, 0.25) is 0 Å². The van der Waals surface area contributed by atoms with Crippen LogP contribution in [0.25, 0.3) is 10.4 Å². The molecule has 0 fully saturated rings. The van der Waals surface area contributed by atoms with Gasteiger partial charge in [-0.15, -0.1) is 0 Å². The normalized spacial score (nSPS) is 8.40. The van der Waals surface area contributed by atoms with Crippen molar-refractivity contribution in [1.82, 2.24) is 0 Å². The zero-order chi connectivity index (χ0) is 7.23. The molecule has 1 aromatic rings. The summed E-state index contributed by atoms with van der Waals surface area (Å²) in [6.45, 7) is 0. The van der Waals surface area contributed by atoms with Gasteiger partial charge in [0, 0.05) is 9.81 Å². The van der Waals surface area contributed by atoms with E-state index in [0.717, 1.165) is 16.8 Å².